The number of fused-ring (bicyclic) bond motifs is 1. The molecule has 8 nitrogen and oxygen atoms in total. The summed E-state index contributed by atoms with van der Waals surface area (Å²) in [6.45, 7) is 0. The first-order chi connectivity index (χ1) is 14.8. The fraction of sp³-hybridized carbons (Fsp3) is 0.250. The van der Waals surface area contributed by atoms with Gasteiger partial charge in [0.25, 0.3) is 0 Å². The van der Waals surface area contributed by atoms with Gasteiger partial charge in [0, 0.05) is 17.1 Å². The molecule has 0 aromatic heterocycles. The van der Waals surface area contributed by atoms with Crippen LogP contribution in [0.2, 0.25) is 10.0 Å². The number of piperidine rings is 1. The van der Waals surface area contributed by atoms with E-state index in [1.807, 2.05) is 0 Å². The Morgan fingerprint density at radius 2 is 1.81 bits per heavy atom. The van der Waals surface area contributed by atoms with Crippen LogP contribution in [0.3, 0.4) is 0 Å². The molecule has 162 valence electrons. The molecule has 3 amide bonds. The minimum Gasteiger partial charge on any atom is -0.353 e. The summed E-state index contributed by atoms with van der Waals surface area (Å²) in [4.78, 5) is 38.0. The standard InChI is InChI=1S/C20H18Cl2FN5O3/c21-9-1-6-14(13(22)7-9)25-18(30)12-8-15(29)26-17-16(12)19(31)28-20(27-17)24-11-4-2-10(23)3-5-11/h1-7,12,16-17,20,24,27H,8H2,(H,25,30)(H,26,29)(H,28,31). The average molecular weight is 466 g/mol. The van der Waals surface area contributed by atoms with Gasteiger partial charge in [-0.25, -0.2) is 4.39 Å². The van der Waals surface area contributed by atoms with Gasteiger partial charge in [-0.2, -0.15) is 0 Å². The predicted molar refractivity (Wildman–Crippen MR) is 114 cm³/mol. The molecule has 4 rings (SSSR count). The van der Waals surface area contributed by atoms with Crippen LogP contribution in [0, 0.1) is 17.7 Å². The van der Waals surface area contributed by atoms with Gasteiger partial charge in [0.1, 0.15) is 5.82 Å². The third-order valence-electron chi connectivity index (χ3n) is 5.13. The van der Waals surface area contributed by atoms with Crippen molar-refractivity contribution < 1.29 is 18.8 Å². The molecule has 2 aliphatic heterocycles. The zero-order chi connectivity index (χ0) is 22.1. The van der Waals surface area contributed by atoms with Crippen LogP contribution in [0.25, 0.3) is 0 Å². The van der Waals surface area contributed by atoms with Crippen molar-refractivity contribution in [3.8, 4) is 0 Å². The summed E-state index contributed by atoms with van der Waals surface area (Å²) < 4.78 is 13.1. The van der Waals surface area contributed by atoms with Crippen molar-refractivity contribution in [1.82, 2.24) is 16.0 Å². The first-order valence-corrected chi connectivity index (χ1v) is 10.2. The van der Waals surface area contributed by atoms with E-state index in [9.17, 15) is 18.8 Å². The smallest absolute Gasteiger partial charge is 0.229 e. The summed E-state index contributed by atoms with van der Waals surface area (Å²) in [6.07, 6.45) is -1.65. The highest BCUT2D eigenvalue weighted by molar-refractivity contribution is 6.36. The van der Waals surface area contributed by atoms with Crippen LogP contribution >= 0.6 is 23.2 Å². The highest BCUT2D eigenvalue weighted by atomic mass is 35.5. The van der Waals surface area contributed by atoms with Gasteiger partial charge in [-0.3, -0.25) is 19.7 Å². The number of halogens is 3. The van der Waals surface area contributed by atoms with Gasteiger partial charge in [-0.05, 0) is 42.5 Å². The lowest BCUT2D eigenvalue weighted by Gasteiger charge is -2.43. The number of carbonyl (C=O) groups is 3. The first kappa shape index (κ1) is 21.4. The van der Waals surface area contributed by atoms with E-state index in [2.05, 4.69) is 26.6 Å². The van der Waals surface area contributed by atoms with Crippen molar-refractivity contribution in [3.63, 3.8) is 0 Å². The van der Waals surface area contributed by atoms with Crippen LogP contribution in [-0.4, -0.2) is 30.2 Å². The molecule has 2 heterocycles. The van der Waals surface area contributed by atoms with E-state index in [0.717, 1.165) is 0 Å². The predicted octanol–water partition coefficient (Wildman–Crippen LogP) is 2.26. The number of hydrogen-bond acceptors (Lipinski definition) is 5. The second kappa shape index (κ2) is 8.70. The Morgan fingerprint density at radius 1 is 1.06 bits per heavy atom. The van der Waals surface area contributed by atoms with Gasteiger partial charge < -0.3 is 21.3 Å². The van der Waals surface area contributed by atoms with E-state index in [-0.39, 0.29) is 23.2 Å². The van der Waals surface area contributed by atoms with Gasteiger partial charge in [0.2, 0.25) is 17.7 Å². The van der Waals surface area contributed by atoms with Crippen LogP contribution in [-0.2, 0) is 14.4 Å². The monoisotopic (exact) mass is 465 g/mol. The first-order valence-electron chi connectivity index (χ1n) is 9.44. The fourth-order valence-electron chi connectivity index (χ4n) is 3.68. The van der Waals surface area contributed by atoms with Gasteiger partial charge >= 0.3 is 0 Å². The summed E-state index contributed by atoms with van der Waals surface area (Å²) >= 11 is 12.0. The van der Waals surface area contributed by atoms with E-state index in [4.69, 9.17) is 23.2 Å². The lowest BCUT2D eigenvalue weighted by atomic mass is 9.81. The molecular weight excluding hydrogens is 448 g/mol. The summed E-state index contributed by atoms with van der Waals surface area (Å²) in [5.74, 6) is -3.42. The molecule has 2 aromatic rings. The Morgan fingerprint density at radius 3 is 2.52 bits per heavy atom. The molecule has 4 atom stereocenters. The van der Waals surface area contributed by atoms with Crippen molar-refractivity contribution in [2.75, 3.05) is 10.6 Å². The van der Waals surface area contributed by atoms with Crippen LogP contribution in [0.4, 0.5) is 15.8 Å². The Bertz CT molecular complexity index is 1040. The van der Waals surface area contributed by atoms with Crippen molar-refractivity contribution in [3.05, 3.63) is 58.3 Å². The maximum Gasteiger partial charge on any atom is 0.229 e. The minimum atomic E-state index is -0.912. The topological polar surface area (TPSA) is 111 Å². The second-order valence-corrected chi connectivity index (χ2v) is 8.10. The number of anilines is 2. The van der Waals surface area contributed by atoms with Crippen LogP contribution in [0.15, 0.2) is 42.5 Å². The maximum absolute atomic E-state index is 13.1. The molecule has 0 radical (unpaired) electrons. The molecule has 0 spiro atoms. The van der Waals surface area contributed by atoms with Crippen molar-refractivity contribution in [2.24, 2.45) is 11.8 Å². The van der Waals surface area contributed by atoms with Crippen molar-refractivity contribution in [2.45, 2.75) is 18.9 Å². The summed E-state index contributed by atoms with van der Waals surface area (Å²) in [6, 6.07) is 10.2. The molecular formula is C20H18Cl2FN5O3. The number of rotatable bonds is 4. The van der Waals surface area contributed by atoms with Crippen LogP contribution in [0.1, 0.15) is 6.42 Å². The zero-order valence-electron chi connectivity index (χ0n) is 15.9. The Kier molecular flexibility index (Phi) is 5.99. The molecule has 4 unspecified atom stereocenters. The lowest BCUT2D eigenvalue weighted by molar-refractivity contribution is -0.144. The Hall–Kier alpha value is -2.88. The highest BCUT2D eigenvalue weighted by Gasteiger charge is 2.48. The number of benzene rings is 2. The third-order valence-corrected chi connectivity index (χ3v) is 5.68. The van der Waals surface area contributed by atoms with E-state index in [1.54, 1.807) is 12.1 Å². The number of amides is 3. The molecule has 5 N–H and O–H groups in total. The van der Waals surface area contributed by atoms with E-state index in [0.29, 0.717) is 16.4 Å². The summed E-state index contributed by atoms with van der Waals surface area (Å²) in [7, 11) is 0. The largest absolute Gasteiger partial charge is 0.353 e. The van der Waals surface area contributed by atoms with E-state index >= 15 is 0 Å². The summed E-state index contributed by atoms with van der Waals surface area (Å²) in [5, 5.41) is 14.8. The number of hydrogen-bond donors (Lipinski definition) is 5. The van der Waals surface area contributed by atoms with Crippen LogP contribution in [0.5, 0.6) is 0 Å². The van der Waals surface area contributed by atoms with Gasteiger partial charge in [0.15, 0.2) is 6.29 Å². The van der Waals surface area contributed by atoms with Crippen LogP contribution < -0.4 is 26.6 Å². The molecule has 2 saturated heterocycles. The van der Waals surface area contributed by atoms with E-state index in [1.165, 1.54) is 30.3 Å². The molecule has 0 saturated carbocycles. The number of carbonyl (C=O) groups excluding carboxylic acids is 3. The van der Waals surface area contributed by atoms with Gasteiger partial charge in [-0.15, -0.1) is 0 Å². The molecule has 2 aliphatic rings. The fourth-order valence-corrected chi connectivity index (χ4v) is 4.14. The average Bonchev–Trinajstić information content (AvgIpc) is 2.71. The molecule has 0 bridgehead atoms. The third kappa shape index (κ3) is 4.73. The molecule has 31 heavy (non-hydrogen) atoms. The van der Waals surface area contributed by atoms with Gasteiger partial charge in [-0.1, -0.05) is 23.2 Å². The Labute approximate surface area is 186 Å². The highest BCUT2D eigenvalue weighted by Crippen LogP contribution is 2.30. The molecule has 2 aromatic carbocycles. The quantitative estimate of drug-likeness (QED) is 0.475. The Balaban J connectivity index is 1.48. The maximum atomic E-state index is 13.1. The molecule has 2 fully saturated rings. The SMILES string of the molecule is O=C1CC(C(=O)Nc2ccc(Cl)cc2Cl)C2C(=O)NC(Nc3ccc(F)cc3)NC2N1. The van der Waals surface area contributed by atoms with E-state index < -0.39 is 36.1 Å². The molecule has 0 aliphatic carbocycles. The molecule has 11 heteroatoms. The zero-order valence-corrected chi connectivity index (χ0v) is 17.4. The second-order valence-electron chi connectivity index (χ2n) is 7.25. The lowest BCUT2D eigenvalue weighted by Crippen LogP contribution is -2.72. The minimum absolute atomic E-state index is 0.149. The van der Waals surface area contributed by atoms with Crippen molar-refractivity contribution >= 4 is 52.3 Å². The summed E-state index contributed by atoms with van der Waals surface area (Å²) in [5.41, 5.74) is 0.894. The number of nitrogens with one attached hydrogen (secondary N) is 5. The van der Waals surface area contributed by atoms with Gasteiger partial charge in [0.05, 0.1) is 28.7 Å². The normalized spacial score (nSPS) is 25.1. The van der Waals surface area contributed by atoms with Crippen molar-refractivity contribution in [1.29, 1.82) is 0 Å².